The Labute approximate surface area is 165 Å². The number of nitrogens with one attached hydrogen (secondary N) is 1. The molecule has 1 amide bonds. The van der Waals surface area contributed by atoms with Gasteiger partial charge in [-0.1, -0.05) is 24.3 Å². The van der Waals surface area contributed by atoms with Crippen LogP contribution in [0, 0.1) is 5.92 Å². The molecule has 0 aromatic heterocycles. The van der Waals surface area contributed by atoms with E-state index in [4.69, 9.17) is 9.84 Å². The minimum atomic E-state index is -0.803. The summed E-state index contributed by atoms with van der Waals surface area (Å²) in [6.07, 6.45) is 1.85. The van der Waals surface area contributed by atoms with Crippen LogP contribution in [0.2, 0.25) is 0 Å². The molecule has 1 fully saturated rings. The number of hydrogen-bond acceptors (Lipinski definition) is 4. The Bertz CT molecular complexity index is 820. The Balaban J connectivity index is 1.58. The predicted molar refractivity (Wildman–Crippen MR) is 108 cm³/mol. The van der Waals surface area contributed by atoms with Gasteiger partial charge in [0.25, 0.3) is 0 Å². The number of nitrogens with zero attached hydrogens (tertiary/aromatic N) is 1. The molecule has 2 aromatic rings. The normalized spacial score (nSPS) is 17.1. The van der Waals surface area contributed by atoms with Crippen molar-refractivity contribution in [2.75, 3.05) is 32.1 Å². The Kier molecular flexibility index (Phi) is 6.66. The summed E-state index contributed by atoms with van der Waals surface area (Å²) in [5.74, 6) is -0.114. The minimum absolute atomic E-state index is 0.00541. The fraction of sp³-hybridized carbons (Fsp3) is 0.364. The van der Waals surface area contributed by atoms with Crippen molar-refractivity contribution in [3.05, 3.63) is 48.5 Å². The molecule has 1 heterocycles. The molecule has 2 N–H and O–H groups in total. The van der Waals surface area contributed by atoms with E-state index in [2.05, 4.69) is 10.2 Å². The fourth-order valence-electron chi connectivity index (χ4n) is 3.52. The first-order valence-electron chi connectivity index (χ1n) is 9.54. The summed E-state index contributed by atoms with van der Waals surface area (Å²) in [5.41, 5.74) is 2.87. The van der Waals surface area contributed by atoms with E-state index in [-0.39, 0.29) is 18.2 Å². The summed E-state index contributed by atoms with van der Waals surface area (Å²) in [6.45, 7) is 1.96. The highest BCUT2D eigenvalue weighted by molar-refractivity contribution is 5.93. The molecule has 0 saturated carbocycles. The zero-order chi connectivity index (χ0) is 19.9. The van der Waals surface area contributed by atoms with E-state index in [0.717, 1.165) is 42.0 Å². The van der Waals surface area contributed by atoms with Gasteiger partial charge in [-0.15, -0.1) is 0 Å². The van der Waals surface area contributed by atoms with Crippen molar-refractivity contribution in [1.82, 2.24) is 4.90 Å². The van der Waals surface area contributed by atoms with Crippen molar-refractivity contribution in [2.24, 2.45) is 5.92 Å². The zero-order valence-electron chi connectivity index (χ0n) is 16.1. The van der Waals surface area contributed by atoms with Crippen LogP contribution in [0.3, 0.4) is 0 Å². The van der Waals surface area contributed by atoms with Crippen LogP contribution in [0.5, 0.6) is 5.75 Å². The molecule has 2 aromatic carbocycles. The Hall–Kier alpha value is -2.86. The van der Waals surface area contributed by atoms with Crippen molar-refractivity contribution >= 4 is 17.6 Å². The number of carbonyl (C=O) groups is 2. The van der Waals surface area contributed by atoms with Gasteiger partial charge in [0, 0.05) is 18.8 Å². The first kappa shape index (κ1) is 19.9. The van der Waals surface area contributed by atoms with E-state index >= 15 is 0 Å². The van der Waals surface area contributed by atoms with Crippen LogP contribution in [0.15, 0.2) is 48.5 Å². The molecule has 0 aliphatic carbocycles. The second-order valence-corrected chi connectivity index (χ2v) is 7.08. The Morgan fingerprint density at radius 3 is 2.68 bits per heavy atom. The Morgan fingerprint density at radius 2 is 1.96 bits per heavy atom. The van der Waals surface area contributed by atoms with Gasteiger partial charge < -0.3 is 20.1 Å². The maximum atomic E-state index is 12.6. The average Bonchev–Trinajstić information content (AvgIpc) is 2.73. The Morgan fingerprint density at radius 1 is 1.18 bits per heavy atom. The minimum Gasteiger partial charge on any atom is -0.497 e. The monoisotopic (exact) mass is 382 g/mol. The molecular weight excluding hydrogens is 356 g/mol. The van der Waals surface area contributed by atoms with Crippen LogP contribution in [0.4, 0.5) is 5.69 Å². The van der Waals surface area contributed by atoms with Crippen LogP contribution < -0.4 is 10.1 Å². The van der Waals surface area contributed by atoms with Gasteiger partial charge in [-0.25, -0.2) is 0 Å². The van der Waals surface area contributed by atoms with Gasteiger partial charge in [-0.05, 0) is 54.8 Å². The smallest absolute Gasteiger partial charge is 0.304 e. The second-order valence-electron chi connectivity index (χ2n) is 7.08. The van der Waals surface area contributed by atoms with E-state index in [9.17, 15) is 9.59 Å². The quantitative estimate of drug-likeness (QED) is 0.766. The van der Waals surface area contributed by atoms with Crippen molar-refractivity contribution < 1.29 is 19.4 Å². The molecule has 3 rings (SSSR count). The molecule has 1 atom stereocenters. The third-order valence-corrected chi connectivity index (χ3v) is 5.07. The van der Waals surface area contributed by atoms with Crippen LogP contribution in [0.25, 0.3) is 11.1 Å². The number of carbonyl (C=O) groups excluding carboxylic acids is 1. The van der Waals surface area contributed by atoms with Crippen LogP contribution in [0.1, 0.15) is 19.3 Å². The van der Waals surface area contributed by atoms with Crippen molar-refractivity contribution in [3.63, 3.8) is 0 Å². The summed E-state index contributed by atoms with van der Waals surface area (Å²) in [4.78, 5) is 25.4. The highest BCUT2D eigenvalue weighted by Crippen LogP contribution is 2.25. The lowest BCUT2D eigenvalue weighted by atomic mass is 9.96. The fourth-order valence-corrected chi connectivity index (χ4v) is 3.52. The van der Waals surface area contributed by atoms with Gasteiger partial charge in [0.2, 0.25) is 5.91 Å². The van der Waals surface area contributed by atoms with Gasteiger partial charge in [0.15, 0.2) is 0 Å². The number of anilines is 1. The van der Waals surface area contributed by atoms with Crippen LogP contribution in [-0.2, 0) is 9.59 Å². The number of benzene rings is 2. The van der Waals surface area contributed by atoms with Gasteiger partial charge in [-0.3, -0.25) is 9.59 Å². The summed E-state index contributed by atoms with van der Waals surface area (Å²) in [6, 6.07) is 15.6. The standard InChI is InChI=1S/C22H26N2O4/c1-28-20-6-2-4-17(14-20)16-7-9-19(10-8-16)23-22(27)18-5-3-12-24(15-18)13-11-21(25)26/h2,4,6-10,14,18H,3,5,11-13,15H2,1H3,(H,23,27)(H,25,26)/t18-/m0/s1. The van der Waals surface area contributed by atoms with E-state index < -0.39 is 5.97 Å². The van der Waals surface area contributed by atoms with Gasteiger partial charge >= 0.3 is 5.97 Å². The lowest BCUT2D eigenvalue weighted by molar-refractivity contribution is -0.137. The van der Waals surface area contributed by atoms with E-state index in [1.807, 2.05) is 48.5 Å². The molecule has 1 saturated heterocycles. The maximum Gasteiger partial charge on any atom is 0.304 e. The molecule has 1 aliphatic heterocycles. The highest BCUT2D eigenvalue weighted by atomic mass is 16.5. The first-order chi connectivity index (χ1) is 13.5. The maximum absolute atomic E-state index is 12.6. The molecule has 28 heavy (non-hydrogen) atoms. The van der Waals surface area contributed by atoms with Gasteiger partial charge in [0.1, 0.15) is 5.75 Å². The van der Waals surface area contributed by atoms with E-state index in [1.54, 1.807) is 7.11 Å². The molecule has 1 aliphatic rings. The molecule has 0 unspecified atom stereocenters. The van der Waals surface area contributed by atoms with Crippen LogP contribution >= 0.6 is 0 Å². The van der Waals surface area contributed by atoms with E-state index in [1.165, 1.54) is 0 Å². The van der Waals surface area contributed by atoms with Crippen molar-refractivity contribution in [3.8, 4) is 16.9 Å². The zero-order valence-corrected chi connectivity index (χ0v) is 16.1. The summed E-state index contributed by atoms with van der Waals surface area (Å²) < 4.78 is 5.27. The number of aliphatic carboxylic acids is 1. The average molecular weight is 382 g/mol. The van der Waals surface area contributed by atoms with Crippen molar-refractivity contribution in [1.29, 1.82) is 0 Å². The predicted octanol–water partition coefficient (Wildman–Crippen LogP) is 3.49. The largest absolute Gasteiger partial charge is 0.497 e. The third kappa shape index (κ3) is 5.33. The number of methoxy groups -OCH3 is 1. The number of rotatable bonds is 7. The molecular formula is C22H26N2O4. The summed E-state index contributed by atoms with van der Waals surface area (Å²) in [5, 5.41) is 11.8. The van der Waals surface area contributed by atoms with Crippen LogP contribution in [-0.4, -0.2) is 48.6 Å². The molecule has 148 valence electrons. The lowest BCUT2D eigenvalue weighted by Crippen LogP contribution is -2.41. The number of ether oxygens (including phenoxy) is 1. The number of piperidine rings is 1. The molecule has 0 radical (unpaired) electrons. The number of amides is 1. The highest BCUT2D eigenvalue weighted by Gasteiger charge is 2.26. The number of carboxylic acids is 1. The summed E-state index contributed by atoms with van der Waals surface area (Å²) in [7, 11) is 1.64. The molecule has 6 heteroatoms. The first-order valence-corrected chi connectivity index (χ1v) is 9.54. The third-order valence-electron chi connectivity index (χ3n) is 5.07. The number of hydrogen-bond donors (Lipinski definition) is 2. The van der Waals surface area contributed by atoms with Crippen molar-refractivity contribution in [2.45, 2.75) is 19.3 Å². The number of likely N-dealkylation sites (tertiary alicyclic amines) is 1. The van der Waals surface area contributed by atoms with Gasteiger partial charge in [-0.2, -0.15) is 0 Å². The van der Waals surface area contributed by atoms with E-state index in [0.29, 0.717) is 13.1 Å². The molecule has 0 spiro atoms. The number of carboxylic acid groups (broad SMARTS) is 1. The second kappa shape index (κ2) is 9.37. The van der Waals surface area contributed by atoms with Gasteiger partial charge in [0.05, 0.1) is 19.4 Å². The SMILES string of the molecule is COc1cccc(-c2ccc(NC(=O)[C@H]3CCCN(CCC(=O)O)C3)cc2)c1. The lowest BCUT2D eigenvalue weighted by Gasteiger charge is -2.31. The summed E-state index contributed by atoms with van der Waals surface area (Å²) >= 11 is 0. The topological polar surface area (TPSA) is 78.9 Å². The molecule has 0 bridgehead atoms. The molecule has 6 nitrogen and oxygen atoms in total.